The number of hydrogen-bond acceptors (Lipinski definition) is 5. The molecule has 1 aromatic carbocycles. The smallest absolute Gasteiger partial charge is 0.173 e. The van der Waals surface area contributed by atoms with Crippen LogP contribution in [0.2, 0.25) is 0 Å². The molecule has 20 heavy (non-hydrogen) atoms. The van der Waals surface area contributed by atoms with Crippen molar-refractivity contribution in [2.45, 2.75) is 23.8 Å². The molecule has 0 spiro atoms. The van der Waals surface area contributed by atoms with E-state index in [-0.39, 0.29) is 5.84 Å². The quantitative estimate of drug-likeness (QED) is 0.383. The number of oxime groups is 1. The summed E-state index contributed by atoms with van der Waals surface area (Å²) in [6, 6.07) is 7.77. The fraction of sp³-hybridized carbons (Fsp3) is 0.154. The molecule has 104 valence electrons. The summed E-state index contributed by atoms with van der Waals surface area (Å²) < 4.78 is 0.954. The molecule has 0 amide bonds. The first-order valence-corrected chi connectivity index (χ1v) is 7.39. The molecule has 0 radical (unpaired) electrons. The van der Waals surface area contributed by atoms with E-state index in [0.29, 0.717) is 10.6 Å². The summed E-state index contributed by atoms with van der Waals surface area (Å²) in [5.74, 6) is 0.0371. The summed E-state index contributed by atoms with van der Waals surface area (Å²) in [7, 11) is 0. The summed E-state index contributed by atoms with van der Waals surface area (Å²) in [4.78, 5) is 0.983. The zero-order chi connectivity index (χ0) is 14.7. The average Bonchev–Trinajstić information content (AvgIpc) is 2.45. The largest absolute Gasteiger partial charge is 0.409 e. The van der Waals surface area contributed by atoms with Crippen LogP contribution in [0.3, 0.4) is 0 Å². The molecular weight excluding hydrogens is 340 g/mol. The predicted molar refractivity (Wildman–Crippen MR) is 82.3 cm³/mol. The molecule has 0 atom stereocenters. The van der Waals surface area contributed by atoms with Gasteiger partial charge in [-0.15, -0.1) is 5.10 Å². The monoisotopic (exact) mass is 352 g/mol. The van der Waals surface area contributed by atoms with E-state index in [4.69, 9.17) is 10.9 Å². The Morgan fingerprint density at radius 1 is 1.30 bits per heavy atom. The second kappa shape index (κ2) is 6.23. The van der Waals surface area contributed by atoms with Crippen LogP contribution in [0.5, 0.6) is 0 Å². The Labute approximate surface area is 129 Å². The Kier molecular flexibility index (Phi) is 4.61. The van der Waals surface area contributed by atoms with Gasteiger partial charge in [-0.2, -0.15) is 5.10 Å². The molecule has 2 aromatic rings. The van der Waals surface area contributed by atoms with Crippen LogP contribution in [0.1, 0.15) is 16.8 Å². The van der Waals surface area contributed by atoms with Crippen molar-refractivity contribution in [3.05, 3.63) is 45.6 Å². The maximum Gasteiger partial charge on any atom is 0.173 e. The van der Waals surface area contributed by atoms with Crippen molar-refractivity contribution in [2.75, 3.05) is 0 Å². The second-order valence-corrected chi connectivity index (χ2v) is 5.99. The summed E-state index contributed by atoms with van der Waals surface area (Å²) >= 11 is 4.90. The number of hydrogen-bond donors (Lipinski definition) is 2. The van der Waals surface area contributed by atoms with Crippen molar-refractivity contribution in [3.63, 3.8) is 0 Å². The molecule has 3 N–H and O–H groups in total. The second-order valence-electron chi connectivity index (χ2n) is 4.11. The van der Waals surface area contributed by atoms with Gasteiger partial charge in [0, 0.05) is 9.37 Å². The Hall–Kier alpha value is -1.60. The highest BCUT2D eigenvalue weighted by Gasteiger charge is 2.17. The number of rotatable bonds is 3. The highest BCUT2D eigenvalue weighted by atomic mass is 79.9. The molecule has 0 aliphatic carbocycles. The molecule has 7 heteroatoms. The van der Waals surface area contributed by atoms with Crippen molar-refractivity contribution in [3.8, 4) is 0 Å². The van der Waals surface area contributed by atoms with E-state index in [1.807, 2.05) is 38.1 Å². The highest BCUT2D eigenvalue weighted by Crippen LogP contribution is 2.34. The normalized spacial score (nSPS) is 11.7. The number of amidine groups is 1. The van der Waals surface area contributed by atoms with Gasteiger partial charge in [0.25, 0.3) is 0 Å². The minimum absolute atomic E-state index is 0.0371. The van der Waals surface area contributed by atoms with Gasteiger partial charge >= 0.3 is 0 Å². The Morgan fingerprint density at radius 3 is 2.65 bits per heavy atom. The molecule has 2 rings (SSSR count). The fourth-order valence-electron chi connectivity index (χ4n) is 1.64. The van der Waals surface area contributed by atoms with Gasteiger partial charge in [-0.3, -0.25) is 0 Å². The van der Waals surface area contributed by atoms with E-state index in [2.05, 4.69) is 31.3 Å². The lowest BCUT2D eigenvalue weighted by molar-refractivity contribution is 0.318. The molecule has 0 bridgehead atoms. The predicted octanol–water partition coefficient (Wildman–Crippen LogP) is 3.10. The van der Waals surface area contributed by atoms with Gasteiger partial charge < -0.3 is 10.9 Å². The third-order valence-electron chi connectivity index (χ3n) is 2.83. The van der Waals surface area contributed by atoms with Crippen LogP contribution in [0.25, 0.3) is 0 Å². The van der Waals surface area contributed by atoms with Gasteiger partial charge in [0.2, 0.25) is 0 Å². The number of nitrogens with two attached hydrogens (primary N) is 1. The van der Waals surface area contributed by atoms with Gasteiger partial charge in [-0.05, 0) is 47.5 Å². The Morgan fingerprint density at radius 2 is 2.00 bits per heavy atom. The van der Waals surface area contributed by atoms with E-state index in [1.54, 1.807) is 0 Å². The van der Waals surface area contributed by atoms with Gasteiger partial charge in [-0.25, -0.2) is 0 Å². The van der Waals surface area contributed by atoms with Gasteiger partial charge in [-0.1, -0.05) is 29.1 Å². The summed E-state index contributed by atoms with van der Waals surface area (Å²) in [6.45, 7) is 3.71. The minimum Gasteiger partial charge on any atom is -0.409 e. The first kappa shape index (κ1) is 14.8. The summed E-state index contributed by atoms with van der Waals surface area (Å²) in [5, 5.41) is 20.9. The Bertz CT molecular complexity index is 675. The minimum atomic E-state index is 0.0371. The number of halogens is 1. The lowest BCUT2D eigenvalue weighted by atomic mass is 10.1. The van der Waals surface area contributed by atoms with Gasteiger partial charge in [0.1, 0.15) is 5.03 Å². The fourth-order valence-corrected chi connectivity index (χ4v) is 3.13. The molecule has 0 aliphatic heterocycles. The molecule has 1 aromatic heterocycles. The maximum absolute atomic E-state index is 8.94. The SMILES string of the molecule is Cc1nnc(Sc2ccccc2Br)c(/C(N)=N/O)c1C. The van der Waals surface area contributed by atoms with Crippen molar-refractivity contribution in [1.29, 1.82) is 0 Å². The molecular formula is C13H13BrN4OS. The molecule has 0 fully saturated rings. The van der Waals surface area contributed by atoms with Crippen molar-refractivity contribution < 1.29 is 5.21 Å². The first-order chi connectivity index (χ1) is 9.54. The standard InChI is InChI=1S/C13H13BrN4OS/c1-7-8(2)16-17-13(11(7)12(15)18-19)20-10-6-4-3-5-9(10)14/h3-6,19H,1-2H3,(H2,15,18). The molecule has 0 unspecified atom stereocenters. The van der Waals surface area contributed by atoms with E-state index in [9.17, 15) is 0 Å². The number of benzene rings is 1. The zero-order valence-corrected chi connectivity index (χ0v) is 13.4. The molecule has 1 heterocycles. The van der Waals surface area contributed by atoms with Crippen LogP contribution in [0.4, 0.5) is 0 Å². The van der Waals surface area contributed by atoms with Crippen molar-refractivity contribution in [2.24, 2.45) is 10.9 Å². The van der Waals surface area contributed by atoms with Crippen LogP contribution < -0.4 is 5.73 Å². The summed E-state index contributed by atoms with van der Waals surface area (Å²) in [5.41, 5.74) is 7.98. The highest BCUT2D eigenvalue weighted by molar-refractivity contribution is 9.10. The number of aryl methyl sites for hydroxylation is 1. The Balaban J connectivity index is 2.53. The molecule has 0 aliphatic rings. The molecule has 0 saturated heterocycles. The topological polar surface area (TPSA) is 84.4 Å². The average molecular weight is 353 g/mol. The van der Waals surface area contributed by atoms with Crippen LogP contribution in [-0.4, -0.2) is 21.2 Å². The van der Waals surface area contributed by atoms with Crippen LogP contribution >= 0.6 is 27.7 Å². The molecule has 5 nitrogen and oxygen atoms in total. The van der Waals surface area contributed by atoms with E-state index in [0.717, 1.165) is 20.6 Å². The molecule has 0 saturated carbocycles. The van der Waals surface area contributed by atoms with E-state index in [1.165, 1.54) is 11.8 Å². The van der Waals surface area contributed by atoms with Crippen LogP contribution in [-0.2, 0) is 0 Å². The summed E-state index contributed by atoms with van der Waals surface area (Å²) in [6.07, 6.45) is 0. The van der Waals surface area contributed by atoms with E-state index >= 15 is 0 Å². The van der Waals surface area contributed by atoms with Gasteiger partial charge in [0.05, 0.1) is 11.3 Å². The first-order valence-electron chi connectivity index (χ1n) is 5.78. The number of nitrogens with zero attached hydrogens (tertiary/aromatic N) is 3. The lowest BCUT2D eigenvalue weighted by Gasteiger charge is -2.11. The third kappa shape index (κ3) is 2.94. The van der Waals surface area contributed by atoms with E-state index < -0.39 is 0 Å². The van der Waals surface area contributed by atoms with Gasteiger partial charge in [0.15, 0.2) is 5.84 Å². The van der Waals surface area contributed by atoms with Crippen LogP contribution in [0.15, 0.2) is 43.8 Å². The third-order valence-corrected chi connectivity index (χ3v) is 4.84. The zero-order valence-electron chi connectivity index (χ0n) is 11.0. The number of aromatic nitrogens is 2. The van der Waals surface area contributed by atoms with Crippen molar-refractivity contribution in [1.82, 2.24) is 10.2 Å². The van der Waals surface area contributed by atoms with Crippen molar-refractivity contribution >= 4 is 33.5 Å². The maximum atomic E-state index is 8.94. The van der Waals surface area contributed by atoms with Crippen LogP contribution in [0, 0.1) is 13.8 Å². The lowest BCUT2D eigenvalue weighted by Crippen LogP contribution is -2.18.